The van der Waals surface area contributed by atoms with E-state index in [-0.39, 0.29) is 6.04 Å². The summed E-state index contributed by atoms with van der Waals surface area (Å²) in [6, 6.07) is 15.2. The topological polar surface area (TPSA) is 63.4 Å². The van der Waals surface area contributed by atoms with Crippen LogP contribution in [0, 0.1) is 0 Å². The highest BCUT2D eigenvalue weighted by atomic mass is 35.5. The molecule has 1 unspecified atom stereocenters. The molecule has 0 saturated carbocycles. The molecule has 1 atom stereocenters. The number of hydrogen-bond donors (Lipinski definition) is 1. The molecule has 2 aromatic carbocycles. The molecule has 1 aliphatic rings. The SMILES string of the molecule is CCCCCN1C(=S)NC(c2ccc(OCC)cc2)C(c2nc(-c3cccc(Cl)c3)no2)=C1C. The summed E-state index contributed by atoms with van der Waals surface area (Å²) >= 11 is 11.9. The van der Waals surface area contributed by atoms with Crippen molar-refractivity contribution < 1.29 is 9.26 Å². The van der Waals surface area contributed by atoms with Crippen molar-refractivity contribution in [3.05, 3.63) is 70.7 Å². The predicted molar refractivity (Wildman–Crippen MR) is 140 cm³/mol. The second-order valence-corrected chi connectivity index (χ2v) is 9.00. The van der Waals surface area contributed by atoms with Gasteiger partial charge in [0, 0.05) is 22.8 Å². The molecule has 0 saturated heterocycles. The Morgan fingerprint density at radius 3 is 2.65 bits per heavy atom. The molecule has 0 bridgehead atoms. The van der Waals surface area contributed by atoms with Crippen LogP contribution in [-0.2, 0) is 0 Å². The number of aromatic nitrogens is 2. The van der Waals surface area contributed by atoms with Crippen molar-refractivity contribution in [2.24, 2.45) is 0 Å². The average Bonchev–Trinajstić information content (AvgIpc) is 3.31. The fraction of sp³-hybridized carbons (Fsp3) is 0.346. The van der Waals surface area contributed by atoms with Crippen LogP contribution in [0.3, 0.4) is 0 Å². The van der Waals surface area contributed by atoms with Gasteiger partial charge in [-0.2, -0.15) is 4.98 Å². The fourth-order valence-electron chi connectivity index (χ4n) is 4.10. The minimum atomic E-state index is -0.224. The zero-order valence-corrected chi connectivity index (χ0v) is 21.2. The predicted octanol–water partition coefficient (Wildman–Crippen LogP) is 6.64. The highest BCUT2D eigenvalue weighted by Crippen LogP contribution is 2.38. The molecule has 4 rings (SSSR count). The molecule has 0 fully saturated rings. The van der Waals surface area contributed by atoms with Crippen LogP contribution in [0.1, 0.15) is 57.5 Å². The monoisotopic (exact) mass is 496 g/mol. The van der Waals surface area contributed by atoms with Crippen LogP contribution >= 0.6 is 23.8 Å². The van der Waals surface area contributed by atoms with Gasteiger partial charge in [0.2, 0.25) is 5.82 Å². The van der Waals surface area contributed by atoms with Crippen LogP contribution in [-0.4, -0.2) is 33.3 Å². The lowest BCUT2D eigenvalue weighted by Gasteiger charge is -2.37. The van der Waals surface area contributed by atoms with Crippen molar-refractivity contribution in [3.63, 3.8) is 0 Å². The molecule has 0 radical (unpaired) electrons. The lowest BCUT2D eigenvalue weighted by molar-refractivity contribution is 0.340. The molecule has 0 spiro atoms. The van der Waals surface area contributed by atoms with E-state index in [9.17, 15) is 0 Å². The number of benzene rings is 2. The molecule has 1 aromatic heterocycles. The third-order valence-corrected chi connectivity index (χ3v) is 6.42. The van der Waals surface area contributed by atoms with Crippen LogP contribution in [0.5, 0.6) is 5.75 Å². The third-order valence-electron chi connectivity index (χ3n) is 5.85. The first kappa shape index (κ1) is 24.2. The van der Waals surface area contributed by atoms with Crippen LogP contribution in [0.4, 0.5) is 0 Å². The molecule has 0 amide bonds. The molecule has 8 heteroatoms. The van der Waals surface area contributed by atoms with Crippen molar-refractivity contribution in [2.45, 2.75) is 46.1 Å². The molecule has 178 valence electrons. The first-order chi connectivity index (χ1) is 16.5. The highest BCUT2D eigenvalue weighted by Gasteiger charge is 2.34. The Hall–Kier alpha value is -2.90. The quantitative estimate of drug-likeness (QED) is 0.263. The number of thiocarbonyl (C=S) groups is 1. The maximum Gasteiger partial charge on any atom is 0.258 e. The highest BCUT2D eigenvalue weighted by molar-refractivity contribution is 7.80. The van der Waals surface area contributed by atoms with Gasteiger partial charge in [-0.1, -0.05) is 60.8 Å². The first-order valence-corrected chi connectivity index (χ1v) is 12.4. The van der Waals surface area contributed by atoms with E-state index < -0.39 is 0 Å². The Balaban J connectivity index is 1.75. The van der Waals surface area contributed by atoms with Gasteiger partial charge in [0.15, 0.2) is 5.11 Å². The van der Waals surface area contributed by atoms with Gasteiger partial charge in [-0.05, 0) is 62.3 Å². The molecule has 3 aromatic rings. The Bertz CT molecular complexity index is 1180. The lowest BCUT2D eigenvalue weighted by Crippen LogP contribution is -2.46. The standard InChI is InChI=1S/C26H29ClN4O2S/c1-4-6-7-15-31-17(3)22(25-29-24(30-33-25)19-9-8-10-20(27)16-19)23(28-26(31)34)18-11-13-21(14-12-18)32-5-2/h8-14,16,23H,4-7,15H2,1-3H3,(H,28,34). The minimum absolute atomic E-state index is 0.224. The number of halogens is 1. The molecule has 0 aliphatic carbocycles. The Morgan fingerprint density at radius 2 is 1.94 bits per heavy atom. The maximum absolute atomic E-state index is 6.17. The van der Waals surface area contributed by atoms with E-state index in [2.05, 4.69) is 29.2 Å². The lowest BCUT2D eigenvalue weighted by atomic mass is 9.94. The van der Waals surface area contributed by atoms with Crippen LogP contribution < -0.4 is 10.1 Å². The van der Waals surface area contributed by atoms with Gasteiger partial charge in [-0.3, -0.25) is 0 Å². The van der Waals surface area contributed by atoms with Crippen LogP contribution in [0.25, 0.3) is 17.0 Å². The number of hydrogen-bond acceptors (Lipinski definition) is 5. The maximum atomic E-state index is 6.17. The average molecular weight is 497 g/mol. The second-order valence-electron chi connectivity index (χ2n) is 8.18. The molecular weight excluding hydrogens is 468 g/mol. The van der Waals surface area contributed by atoms with Gasteiger partial charge in [0.1, 0.15) is 5.75 Å². The molecule has 2 heterocycles. The van der Waals surface area contributed by atoms with Gasteiger partial charge in [-0.15, -0.1) is 0 Å². The normalized spacial score (nSPS) is 16.1. The van der Waals surface area contributed by atoms with E-state index in [0.29, 0.717) is 28.5 Å². The third kappa shape index (κ3) is 5.26. The summed E-state index contributed by atoms with van der Waals surface area (Å²) in [5.41, 5.74) is 3.77. The van der Waals surface area contributed by atoms with E-state index in [4.69, 9.17) is 38.1 Å². The number of nitrogens with one attached hydrogen (secondary N) is 1. The molecule has 1 N–H and O–H groups in total. The van der Waals surface area contributed by atoms with E-state index in [1.165, 1.54) is 0 Å². The van der Waals surface area contributed by atoms with E-state index in [0.717, 1.165) is 54.0 Å². The minimum Gasteiger partial charge on any atom is -0.494 e. The second kappa shape index (κ2) is 11.0. The van der Waals surface area contributed by atoms with E-state index in [1.807, 2.05) is 55.5 Å². The summed E-state index contributed by atoms with van der Waals surface area (Å²) < 4.78 is 11.4. The van der Waals surface area contributed by atoms with Crippen LogP contribution in [0.2, 0.25) is 5.02 Å². The van der Waals surface area contributed by atoms with Gasteiger partial charge in [0.05, 0.1) is 18.2 Å². The van der Waals surface area contributed by atoms with Gasteiger partial charge in [0.25, 0.3) is 5.89 Å². The number of allylic oxidation sites excluding steroid dienone is 1. The Labute approximate surface area is 210 Å². The summed E-state index contributed by atoms with van der Waals surface area (Å²) in [5.74, 6) is 1.78. The van der Waals surface area contributed by atoms with E-state index in [1.54, 1.807) is 0 Å². The van der Waals surface area contributed by atoms with Crippen LogP contribution in [0.15, 0.2) is 58.8 Å². The molecule has 6 nitrogen and oxygen atoms in total. The zero-order valence-electron chi connectivity index (χ0n) is 19.7. The summed E-state index contributed by atoms with van der Waals surface area (Å²) in [5, 5.41) is 9.08. The fourth-order valence-corrected chi connectivity index (χ4v) is 4.63. The Morgan fingerprint density at radius 1 is 1.15 bits per heavy atom. The Kier molecular flexibility index (Phi) is 7.85. The summed E-state index contributed by atoms with van der Waals surface area (Å²) in [4.78, 5) is 6.88. The number of ether oxygens (including phenoxy) is 1. The van der Waals surface area contributed by atoms with Gasteiger partial charge in [-0.25, -0.2) is 0 Å². The van der Waals surface area contributed by atoms with Crippen molar-refractivity contribution in [1.29, 1.82) is 0 Å². The smallest absolute Gasteiger partial charge is 0.258 e. The molecular formula is C26H29ClN4O2S. The summed E-state index contributed by atoms with van der Waals surface area (Å²) in [7, 11) is 0. The van der Waals surface area contributed by atoms with Gasteiger partial charge >= 0.3 is 0 Å². The molecule has 1 aliphatic heterocycles. The zero-order chi connectivity index (χ0) is 24.1. The van der Waals surface area contributed by atoms with Crippen molar-refractivity contribution in [3.8, 4) is 17.1 Å². The van der Waals surface area contributed by atoms with Crippen molar-refractivity contribution in [2.75, 3.05) is 13.2 Å². The number of rotatable bonds is 9. The summed E-state index contributed by atoms with van der Waals surface area (Å²) in [6.45, 7) is 7.69. The number of nitrogens with zero attached hydrogens (tertiary/aromatic N) is 3. The molecule has 34 heavy (non-hydrogen) atoms. The van der Waals surface area contributed by atoms with Crippen molar-refractivity contribution >= 4 is 34.5 Å². The van der Waals surface area contributed by atoms with E-state index >= 15 is 0 Å². The van der Waals surface area contributed by atoms with Gasteiger partial charge < -0.3 is 19.5 Å². The first-order valence-electron chi connectivity index (χ1n) is 11.6. The largest absolute Gasteiger partial charge is 0.494 e. The van der Waals surface area contributed by atoms with Crippen molar-refractivity contribution in [1.82, 2.24) is 20.4 Å². The number of unbranched alkanes of at least 4 members (excludes halogenated alkanes) is 2. The summed E-state index contributed by atoms with van der Waals surface area (Å²) in [6.07, 6.45) is 3.34.